The number of aliphatic hydroxyl groups excluding tert-OH is 1. The van der Waals surface area contributed by atoms with Crippen molar-refractivity contribution in [2.45, 2.75) is 6.10 Å². The monoisotopic (exact) mass is 376 g/mol. The SMILES string of the molecule is COc1ccc(OCC(O)CNC(=S)Nc2ccc3c(c2)OCO3)cc1. The number of hydrogen-bond donors (Lipinski definition) is 3. The van der Waals surface area contributed by atoms with E-state index < -0.39 is 6.10 Å². The molecule has 138 valence electrons. The Labute approximate surface area is 156 Å². The summed E-state index contributed by atoms with van der Waals surface area (Å²) in [4.78, 5) is 0. The number of thiocarbonyl (C=S) groups is 1. The predicted octanol–water partition coefficient (Wildman–Crippen LogP) is 2.15. The lowest BCUT2D eigenvalue weighted by Crippen LogP contribution is -2.37. The number of ether oxygens (including phenoxy) is 4. The molecule has 0 saturated carbocycles. The minimum absolute atomic E-state index is 0.145. The molecular formula is C18H20N2O5S. The fourth-order valence-corrected chi connectivity index (χ4v) is 2.48. The average molecular weight is 376 g/mol. The fraction of sp³-hybridized carbons (Fsp3) is 0.278. The molecule has 0 fully saturated rings. The summed E-state index contributed by atoms with van der Waals surface area (Å²) in [5.41, 5.74) is 0.774. The molecule has 0 aromatic heterocycles. The van der Waals surface area contributed by atoms with Crippen LogP contribution in [0.25, 0.3) is 0 Å². The third-order valence-corrected chi connectivity index (χ3v) is 3.88. The lowest BCUT2D eigenvalue weighted by atomic mass is 10.3. The molecule has 3 rings (SSSR count). The van der Waals surface area contributed by atoms with Gasteiger partial charge in [-0.1, -0.05) is 0 Å². The number of hydrogen-bond acceptors (Lipinski definition) is 6. The Morgan fingerprint density at radius 2 is 1.88 bits per heavy atom. The maximum absolute atomic E-state index is 10.0. The fourth-order valence-electron chi connectivity index (χ4n) is 2.28. The third kappa shape index (κ3) is 4.90. The van der Waals surface area contributed by atoms with E-state index in [2.05, 4.69) is 10.6 Å². The highest BCUT2D eigenvalue weighted by Gasteiger charge is 2.13. The van der Waals surface area contributed by atoms with Gasteiger partial charge < -0.3 is 34.7 Å². The first kappa shape index (κ1) is 18.1. The molecule has 1 aliphatic rings. The van der Waals surface area contributed by atoms with Gasteiger partial charge in [-0.15, -0.1) is 0 Å². The average Bonchev–Trinajstić information content (AvgIpc) is 3.13. The van der Waals surface area contributed by atoms with Crippen LogP contribution in [-0.2, 0) is 0 Å². The summed E-state index contributed by atoms with van der Waals surface area (Å²) in [7, 11) is 1.60. The molecule has 1 aliphatic heterocycles. The molecule has 1 atom stereocenters. The van der Waals surface area contributed by atoms with E-state index in [4.69, 9.17) is 31.2 Å². The van der Waals surface area contributed by atoms with Gasteiger partial charge in [0, 0.05) is 18.3 Å². The van der Waals surface area contributed by atoms with Crippen LogP contribution in [0.2, 0.25) is 0 Å². The minimum Gasteiger partial charge on any atom is -0.497 e. The molecule has 2 aromatic carbocycles. The zero-order chi connectivity index (χ0) is 18.4. The minimum atomic E-state index is -0.714. The van der Waals surface area contributed by atoms with Gasteiger partial charge in [0.1, 0.15) is 24.2 Å². The van der Waals surface area contributed by atoms with Gasteiger partial charge in [0.05, 0.1) is 7.11 Å². The van der Waals surface area contributed by atoms with Gasteiger partial charge in [0.25, 0.3) is 0 Å². The van der Waals surface area contributed by atoms with Gasteiger partial charge in [-0.25, -0.2) is 0 Å². The van der Waals surface area contributed by atoms with Gasteiger partial charge >= 0.3 is 0 Å². The topological polar surface area (TPSA) is 81.2 Å². The molecule has 1 heterocycles. The second-order valence-electron chi connectivity index (χ2n) is 5.54. The second-order valence-corrected chi connectivity index (χ2v) is 5.95. The summed E-state index contributed by atoms with van der Waals surface area (Å²) in [6.07, 6.45) is -0.714. The molecule has 0 aliphatic carbocycles. The molecular weight excluding hydrogens is 356 g/mol. The van der Waals surface area contributed by atoms with Crippen molar-refractivity contribution < 1.29 is 24.1 Å². The van der Waals surface area contributed by atoms with E-state index in [9.17, 15) is 5.11 Å². The van der Waals surface area contributed by atoms with Gasteiger partial charge in [-0.05, 0) is 48.6 Å². The van der Waals surface area contributed by atoms with Crippen molar-refractivity contribution in [2.24, 2.45) is 0 Å². The summed E-state index contributed by atoms with van der Waals surface area (Å²) >= 11 is 5.23. The standard InChI is InChI=1S/C18H20N2O5S/c1-22-14-3-5-15(6-4-14)23-10-13(21)9-19-18(26)20-12-2-7-16-17(8-12)25-11-24-16/h2-8,13,21H,9-11H2,1H3,(H2,19,20,26). The molecule has 3 N–H and O–H groups in total. The highest BCUT2D eigenvalue weighted by atomic mass is 32.1. The number of rotatable bonds is 7. The first-order chi connectivity index (χ1) is 12.6. The van der Waals surface area contributed by atoms with Gasteiger partial charge in [0.15, 0.2) is 16.6 Å². The molecule has 0 saturated heterocycles. The summed E-state index contributed by atoms with van der Waals surface area (Å²) in [5.74, 6) is 2.79. The molecule has 2 aromatic rings. The highest BCUT2D eigenvalue weighted by Crippen LogP contribution is 2.34. The van der Waals surface area contributed by atoms with E-state index in [-0.39, 0.29) is 19.9 Å². The summed E-state index contributed by atoms with van der Waals surface area (Å²) in [6, 6.07) is 12.6. The van der Waals surface area contributed by atoms with Crippen molar-refractivity contribution >= 4 is 23.0 Å². The molecule has 1 unspecified atom stereocenters. The van der Waals surface area contributed by atoms with Crippen molar-refractivity contribution in [1.82, 2.24) is 5.32 Å². The summed E-state index contributed by atoms with van der Waals surface area (Å²) < 4.78 is 21.2. The van der Waals surface area contributed by atoms with E-state index in [1.54, 1.807) is 37.4 Å². The molecule has 0 radical (unpaired) electrons. The van der Waals surface area contributed by atoms with Crippen molar-refractivity contribution in [3.05, 3.63) is 42.5 Å². The van der Waals surface area contributed by atoms with Crippen LogP contribution in [0.15, 0.2) is 42.5 Å². The van der Waals surface area contributed by atoms with Crippen LogP contribution in [0.4, 0.5) is 5.69 Å². The Hall–Kier alpha value is -2.71. The molecule has 26 heavy (non-hydrogen) atoms. The first-order valence-corrected chi connectivity index (χ1v) is 8.44. The van der Waals surface area contributed by atoms with Crippen LogP contribution in [-0.4, -0.2) is 43.4 Å². The predicted molar refractivity (Wildman–Crippen MR) is 101 cm³/mol. The molecule has 0 bridgehead atoms. The zero-order valence-corrected chi connectivity index (χ0v) is 15.0. The third-order valence-electron chi connectivity index (χ3n) is 3.63. The van der Waals surface area contributed by atoms with Crippen molar-refractivity contribution in [3.63, 3.8) is 0 Å². The molecule has 8 heteroatoms. The van der Waals surface area contributed by atoms with Gasteiger partial charge in [-0.3, -0.25) is 0 Å². The van der Waals surface area contributed by atoms with Crippen LogP contribution in [0.3, 0.4) is 0 Å². The maximum atomic E-state index is 10.0. The van der Waals surface area contributed by atoms with E-state index in [0.29, 0.717) is 22.4 Å². The van der Waals surface area contributed by atoms with Crippen LogP contribution in [0, 0.1) is 0 Å². The van der Waals surface area contributed by atoms with Gasteiger partial charge in [0.2, 0.25) is 6.79 Å². The normalized spacial score (nSPS) is 13.0. The Bertz CT molecular complexity index is 754. The lowest BCUT2D eigenvalue weighted by Gasteiger charge is -2.15. The van der Waals surface area contributed by atoms with Gasteiger partial charge in [-0.2, -0.15) is 0 Å². The van der Waals surface area contributed by atoms with Crippen LogP contribution in [0.1, 0.15) is 0 Å². The largest absolute Gasteiger partial charge is 0.497 e. The van der Waals surface area contributed by atoms with Crippen LogP contribution < -0.4 is 29.6 Å². The summed E-state index contributed by atoms with van der Waals surface area (Å²) in [6.45, 7) is 0.625. The molecule has 7 nitrogen and oxygen atoms in total. The number of anilines is 1. The quantitative estimate of drug-likeness (QED) is 0.635. The number of benzene rings is 2. The number of aliphatic hydroxyl groups is 1. The Kier molecular flexibility index (Phi) is 5.98. The molecule has 0 spiro atoms. The Morgan fingerprint density at radius 3 is 2.65 bits per heavy atom. The zero-order valence-electron chi connectivity index (χ0n) is 14.2. The smallest absolute Gasteiger partial charge is 0.231 e. The lowest BCUT2D eigenvalue weighted by molar-refractivity contribution is 0.110. The summed E-state index contributed by atoms with van der Waals surface area (Å²) in [5, 5.41) is 16.4. The maximum Gasteiger partial charge on any atom is 0.231 e. The van der Waals surface area contributed by atoms with E-state index in [1.165, 1.54) is 0 Å². The number of methoxy groups -OCH3 is 1. The second kappa shape index (κ2) is 8.59. The number of nitrogens with one attached hydrogen (secondary N) is 2. The van der Waals surface area contributed by atoms with Crippen LogP contribution in [0.5, 0.6) is 23.0 Å². The Balaban J connectivity index is 1.39. The number of fused-ring (bicyclic) bond motifs is 1. The van der Waals surface area contributed by atoms with E-state index in [0.717, 1.165) is 11.4 Å². The first-order valence-electron chi connectivity index (χ1n) is 8.03. The van der Waals surface area contributed by atoms with Crippen molar-refractivity contribution in [2.75, 3.05) is 32.4 Å². The Morgan fingerprint density at radius 1 is 1.15 bits per heavy atom. The van der Waals surface area contributed by atoms with E-state index >= 15 is 0 Å². The van der Waals surface area contributed by atoms with E-state index in [1.807, 2.05) is 12.1 Å². The molecule has 0 amide bonds. The van der Waals surface area contributed by atoms with Crippen molar-refractivity contribution in [3.8, 4) is 23.0 Å². The highest BCUT2D eigenvalue weighted by molar-refractivity contribution is 7.80. The van der Waals surface area contributed by atoms with Crippen LogP contribution >= 0.6 is 12.2 Å². The van der Waals surface area contributed by atoms with Crippen molar-refractivity contribution in [1.29, 1.82) is 0 Å².